The van der Waals surface area contributed by atoms with Crippen LogP contribution in [0.5, 0.6) is 0 Å². The van der Waals surface area contributed by atoms with Crippen LogP contribution in [-0.2, 0) is 17.9 Å². The van der Waals surface area contributed by atoms with Gasteiger partial charge in [-0.3, -0.25) is 4.68 Å². The van der Waals surface area contributed by atoms with Crippen molar-refractivity contribution in [2.45, 2.75) is 27.0 Å². The number of carbonyl (C=O) groups excluding carboxylic acids is 1. The molecule has 0 saturated carbocycles. The molecule has 0 atom stereocenters. The molecule has 112 valence electrons. The van der Waals surface area contributed by atoms with Crippen LogP contribution in [0.15, 0.2) is 22.7 Å². The summed E-state index contributed by atoms with van der Waals surface area (Å²) in [5.74, 6) is -0.506. The predicted molar refractivity (Wildman–Crippen MR) is 85.3 cm³/mol. The molecule has 0 aliphatic carbocycles. The lowest BCUT2D eigenvalue weighted by atomic mass is 10.2. The van der Waals surface area contributed by atoms with Gasteiger partial charge < -0.3 is 10.5 Å². The fourth-order valence-electron chi connectivity index (χ4n) is 1.89. The van der Waals surface area contributed by atoms with E-state index in [0.717, 1.165) is 10.0 Å². The highest BCUT2D eigenvalue weighted by atomic mass is 79.9. The molecule has 7 heteroatoms. The van der Waals surface area contributed by atoms with E-state index in [4.69, 9.17) is 22.1 Å². The van der Waals surface area contributed by atoms with Crippen molar-refractivity contribution in [3.8, 4) is 0 Å². The van der Waals surface area contributed by atoms with Crippen molar-refractivity contribution in [1.29, 1.82) is 0 Å². The highest BCUT2D eigenvalue weighted by Crippen LogP contribution is 2.23. The molecule has 2 aromatic rings. The Hall–Kier alpha value is -1.53. The van der Waals surface area contributed by atoms with Crippen LogP contribution in [0.3, 0.4) is 0 Å². The van der Waals surface area contributed by atoms with Crippen LogP contribution in [0, 0.1) is 6.92 Å². The lowest BCUT2D eigenvalue weighted by Crippen LogP contribution is -2.14. The summed E-state index contributed by atoms with van der Waals surface area (Å²) in [5.41, 5.74) is 7.86. The van der Waals surface area contributed by atoms with Crippen molar-refractivity contribution in [2.75, 3.05) is 5.73 Å². The maximum atomic E-state index is 12.2. The maximum absolute atomic E-state index is 12.2. The first-order valence-corrected chi connectivity index (χ1v) is 7.55. The number of aryl methyl sites for hydroxylation is 2. The normalized spacial score (nSPS) is 10.7. The number of nitrogens with zero attached hydrogens (tertiary/aromatic N) is 2. The molecule has 2 rings (SSSR count). The largest absolute Gasteiger partial charge is 0.456 e. The molecule has 1 heterocycles. The van der Waals surface area contributed by atoms with Gasteiger partial charge in [0, 0.05) is 21.6 Å². The van der Waals surface area contributed by atoms with Crippen LogP contribution in [-0.4, -0.2) is 15.7 Å². The number of nitrogen functional groups attached to an aromatic ring is 1. The van der Waals surface area contributed by atoms with Gasteiger partial charge in [-0.2, -0.15) is 5.10 Å². The first-order chi connectivity index (χ1) is 9.93. The average Bonchev–Trinajstić information content (AvgIpc) is 2.73. The van der Waals surface area contributed by atoms with Gasteiger partial charge in [-0.05, 0) is 26.0 Å². The summed E-state index contributed by atoms with van der Waals surface area (Å²) in [7, 11) is 0. The monoisotopic (exact) mass is 371 g/mol. The summed E-state index contributed by atoms with van der Waals surface area (Å²) in [6, 6.07) is 5.38. The number of aromatic nitrogens is 2. The number of hydrogen-bond donors (Lipinski definition) is 1. The minimum Gasteiger partial charge on any atom is -0.456 e. The van der Waals surface area contributed by atoms with Crippen LogP contribution in [0.1, 0.15) is 28.7 Å². The third kappa shape index (κ3) is 3.39. The molecule has 0 saturated heterocycles. The minimum absolute atomic E-state index is 0.0817. The van der Waals surface area contributed by atoms with Gasteiger partial charge in [0.25, 0.3) is 0 Å². The van der Waals surface area contributed by atoms with E-state index in [0.29, 0.717) is 22.9 Å². The predicted octanol–water partition coefficient (Wildman–Crippen LogP) is 3.57. The number of halogens is 2. The Morgan fingerprint density at radius 1 is 1.52 bits per heavy atom. The second-order valence-corrected chi connectivity index (χ2v) is 5.80. The van der Waals surface area contributed by atoms with Crippen molar-refractivity contribution in [1.82, 2.24) is 9.78 Å². The Labute approximate surface area is 136 Å². The number of ether oxygens (including phenoxy) is 1. The van der Waals surface area contributed by atoms with Crippen LogP contribution in [0.25, 0.3) is 0 Å². The van der Waals surface area contributed by atoms with Crippen LogP contribution in [0.2, 0.25) is 5.02 Å². The highest BCUT2D eigenvalue weighted by molar-refractivity contribution is 9.10. The molecule has 0 spiro atoms. The lowest BCUT2D eigenvalue weighted by Gasteiger charge is -2.08. The van der Waals surface area contributed by atoms with Gasteiger partial charge in [-0.15, -0.1) is 0 Å². The summed E-state index contributed by atoms with van der Waals surface area (Å²) >= 11 is 9.41. The van der Waals surface area contributed by atoms with Gasteiger partial charge >= 0.3 is 5.97 Å². The van der Waals surface area contributed by atoms with E-state index in [1.54, 1.807) is 19.1 Å². The summed E-state index contributed by atoms with van der Waals surface area (Å²) in [4.78, 5) is 12.2. The molecule has 0 aliphatic rings. The highest BCUT2D eigenvalue weighted by Gasteiger charge is 2.20. The molecular weight excluding hydrogens is 358 g/mol. The number of rotatable bonds is 4. The third-order valence-electron chi connectivity index (χ3n) is 3.04. The van der Waals surface area contributed by atoms with E-state index < -0.39 is 5.97 Å². The van der Waals surface area contributed by atoms with Crippen molar-refractivity contribution < 1.29 is 9.53 Å². The summed E-state index contributed by atoms with van der Waals surface area (Å²) < 4.78 is 7.70. The van der Waals surface area contributed by atoms with Gasteiger partial charge in [-0.1, -0.05) is 33.6 Å². The first kappa shape index (κ1) is 15.9. The van der Waals surface area contributed by atoms with E-state index >= 15 is 0 Å². The Morgan fingerprint density at radius 2 is 2.24 bits per heavy atom. The Bertz CT molecular complexity index is 685. The first-order valence-electron chi connectivity index (χ1n) is 6.38. The smallest absolute Gasteiger partial charge is 0.359 e. The van der Waals surface area contributed by atoms with Gasteiger partial charge in [-0.25, -0.2) is 4.79 Å². The molecule has 1 aromatic heterocycles. The molecule has 0 unspecified atom stereocenters. The zero-order valence-corrected chi connectivity index (χ0v) is 14.0. The molecule has 0 bridgehead atoms. The van der Waals surface area contributed by atoms with E-state index in [1.807, 2.05) is 13.0 Å². The van der Waals surface area contributed by atoms with Crippen molar-refractivity contribution in [3.05, 3.63) is 44.6 Å². The SMILES string of the molecule is CCn1nc(C)c(N)c1C(=O)OCc1ccc(Br)cc1Cl. The fraction of sp³-hybridized carbons (Fsp3) is 0.286. The number of anilines is 1. The van der Waals surface area contributed by atoms with Gasteiger partial charge in [0.1, 0.15) is 6.61 Å². The number of benzene rings is 1. The summed E-state index contributed by atoms with van der Waals surface area (Å²) in [6.07, 6.45) is 0. The fourth-order valence-corrected chi connectivity index (χ4v) is 2.62. The van der Waals surface area contributed by atoms with Crippen molar-refractivity contribution in [2.24, 2.45) is 0 Å². The summed E-state index contributed by atoms with van der Waals surface area (Å²) in [6.45, 7) is 4.26. The lowest BCUT2D eigenvalue weighted by molar-refractivity contribution is 0.0460. The topological polar surface area (TPSA) is 70.1 Å². The molecule has 0 aliphatic heterocycles. The number of carbonyl (C=O) groups is 1. The molecule has 0 fully saturated rings. The van der Waals surface area contributed by atoms with Crippen molar-refractivity contribution in [3.63, 3.8) is 0 Å². The molecular formula is C14H15BrClN3O2. The maximum Gasteiger partial charge on any atom is 0.359 e. The zero-order chi connectivity index (χ0) is 15.6. The molecule has 1 aromatic carbocycles. The van der Waals surface area contributed by atoms with E-state index in [9.17, 15) is 4.79 Å². The number of esters is 1. The second-order valence-electron chi connectivity index (χ2n) is 4.48. The van der Waals surface area contributed by atoms with Gasteiger partial charge in [0.2, 0.25) is 0 Å². The second kappa shape index (κ2) is 6.49. The Balaban J connectivity index is 2.15. The standard InChI is InChI=1S/C14H15BrClN3O2/c1-3-19-13(12(17)8(2)18-19)14(20)21-7-9-4-5-10(15)6-11(9)16/h4-6H,3,7,17H2,1-2H3. The van der Waals surface area contributed by atoms with Crippen LogP contribution >= 0.6 is 27.5 Å². The molecule has 5 nitrogen and oxygen atoms in total. The van der Waals surface area contributed by atoms with E-state index in [1.165, 1.54) is 4.68 Å². The number of nitrogens with two attached hydrogens (primary N) is 1. The zero-order valence-electron chi connectivity index (χ0n) is 11.7. The Kier molecular flexibility index (Phi) is 4.90. The van der Waals surface area contributed by atoms with Crippen LogP contribution in [0.4, 0.5) is 5.69 Å². The van der Waals surface area contributed by atoms with Gasteiger partial charge in [0.05, 0.1) is 11.4 Å². The van der Waals surface area contributed by atoms with E-state index in [2.05, 4.69) is 21.0 Å². The summed E-state index contributed by atoms with van der Waals surface area (Å²) in [5, 5.41) is 4.73. The van der Waals surface area contributed by atoms with Gasteiger partial charge in [0.15, 0.2) is 5.69 Å². The number of hydrogen-bond acceptors (Lipinski definition) is 4. The van der Waals surface area contributed by atoms with E-state index in [-0.39, 0.29) is 12.3 Å². The van der Waals surface area contributed by atoms with Crippen molar-refractivity contribution >= 4 is 39.2 Å². The van der Waals surface area contributed by atoms with Crippen LogP contribution < -0.4 is 5.73 Å². The Morgan fingerprint density at radius 3 is 2.86 bits per heavy atom. The molecule has 0 radical (unpaired) electrons. The molecule has 0 amide bonds. The average molecular weight is 373 g/mol. The quantitative estimate of drug-likeness (QED) is 0.833. The third-order valence-corrected chi connectivity index (χ3v) is 3.89. The minimum atomic E-state index is -0.506. The molecule has 21 heavy (non-hydrogen) atoms. The molecule has 2 N–H and O–H groups in total.